The van der Waals surface area contributed by atoms with Gasteiger partial charge in [-0.15, -0.1) is 12.4 Å². The first-order valence-electron chi connectivity index (χ1n) is 12.6. The van der Waals surface area contributed by atoms with Crippen LogP contribution in [0.25, 0.3) is 5.65 Å². The summed E-state index contributed by atoms with van der Waals surface area (Å²) in [5.74, 6) is 0.831. The summed E-state index contributed by atoms with van der Waals surface area (Å²) in [4.78, 5) is 34.4. The number of nitrogens with two attached hydrogens (primary N) is 1. The molecule has 4 rings (SSSR count). The highest BCUT2D eigenvalue weighted by atomic mass is 35.5. The quantitative estimate of drug-likeness (QED) is 0.299. The molecule has 0 saturated heterocycles. The molecular formula is C28H34Cl2N6O3. The molecule has 0 fully saturated rings. The Morgan fingerprint density at radius 3 is 2.38 bits per heavy atom. The van der Waals surface area contributed by atoms with Gasteiger partial charge in [0.2, 0.25) is 0 Å². The van der Waals surface area contributed by atoms with Crippen LogP contribution in [0.2, 0.25) is 5.02 Å². The fourth-order valence-electron chi connectivity index (χ4n) is 4.57. The molecule has 0 radical (unpaired) electrons. The lowest BCUT2D eigenvalue weighted by molar-refractivity contribution is 0.0601. The Bertz CT molecular complexity index is 1470. The van der Waals surface area contributed by atoms with Crippen LogP contribution in [0.1, 0.15) is 53.7 Å². The minimum atomic E-state index is -0.538. The van der Waals surface area contributed by atoms with Crippen LogP contribution in [0.15, 0.2) is 59.4 Å². The lowest BCUT2D eigenvalue weighted by Gasteiger charge is -2.35. The molecule has 2 aromatic carbocycles. The van der Waals surface area contributed by atoms with E-state index in [9.17, 15) is 9.59 Å². The van der Waals surface area contributed by atoms with E-state index in [4.69, 9.17) is 27.1 Å². The SMILES string of the molecule is COc1ccc(C(=O)N(CCCN)[C@@H](c2nc3c(Cl)c(C)nn3c(=O)n2Cc2ccccc2)C(C)C)cc1.Cl. The van der Waals surface area contributed by atoms with E-state index in [1.165, 1.54) is 4.52 Å². The zero-order valence-electron chi connectivity index (χ0n) is 22.5. The van der Waals surface area contributed by atoms with Gasteiger partial charge in [0, 0.05) is 12.1 Å². The molecule has 1 amide bonds. The molecule has 0 spiro atoms. The van der Waals surface area contributed by atoms with E-state index in [2.05, 4.69) is 5.10 Å². The largest absolute Gasteiger partial charge is 0.497 e. The summed E-state index contributed by atoms with van der Waals surface area (Å²) in [6.45, 7) is 6.82. The number of hydrogen-bond acceptors (Lipinski definition) is 6. The first-order chi connectivity index (χ1) is 18.3. The molecule has 0 saturated carbocycles. The third-order valence-electron chi connectivity index (χ3n) is 6.49. The number of fused-ring (bicyclic) bond motifs is 1. The molecular weight excluding hydrogens is 539 g/mol. The smallest absolute Gasteiger partial charge is 0.352 e. The van der Waals surface area contributed by atoms with Crippen molar-refractivity contribution in [3.63, 3.8) is 0 Å². The third kappa shape index (κ3) is 6.27. The summed E-state index contributed by atoms with van der Waals surface area (Å²) < 4.78 is 8.08. The van der Waals surface area contributed by atoms with Crippen LogP contribution < -0.4 is 16.2 Å². The molecule has 2 heterocycles. The lowest BCUT2D eigenvalue weighted by atomic mass is 9.99. The van der Waals surface area contributed by atoms with Gasteiger partial charge in [0.25, 0.3) is 5.91 Å². The molecule has 2 aromatic heterocycles. The monoisotopic (exact) mass is 572 g/mol. The third-order valence-corrected chi connectivity index (χ3v) is 6.93. The summed E-state index contributed by atoms with van der Waals surface area (Å²) in [6, 6.07) is 16.1. The van der Waals surface area contributed by atoms with Crippen molar-refractivity contribution in [3.8, 4) is 5.75 Å². The van der Waals surface area contributed by atoms with E-state index in [1.54, 1.807) is 47.8 Å². The van der Waals surface area contributed by atoms with E-state index in [1.807, 2.05) is 44.2 Å². The maximum absolute atomic E-state index is 13.9. The number of rotatable bonds is 10. The van der Waals surface area contributed by atoms with Crippen LogP contribution in [0, 0.1) is 12.8 Å². The average molecular weight is 574 g/mol. The second-order valence-corrected chi connectivity index (χ2v) is 9.90. The van der Waals surface area contributed by atoms with Gasteiger partial charge in [0.05, 0.1) is 25.4 Å². The van der Waals surface area contributed by atoms with Gasteiger partial charge in [-0.05, 0) is 55.6 Å². The molecule has 208 valence electrons. The van der Waals surface area contributed by atoms with E-state index >= 15 is 0 Å². The van der Waals surface area contributed by atoms with Crippen molar-refractivity contribution in [2.45, 2.75) is 39.8 Å². The number of hydrogen-bond donors (Lipinski definition) is 1. The summed E-state index contributed by atoms with van der Waals surface area (Å²) >= 11 is 6.53. The van der Waals surface area contributed by atoms with Crippen LogP contribution in [-0.4, -0.2) is 50.2 Å². The van der Waals surface area contributed by atoms with Crippen molar-refractivity contribution < 1.29 is 9.53 Å². The zero-order chi connectivity index (χ0) is 27.4. The van der Waals surface area contributed by atoms with Crippen LogP contribution >= 0.6 is 24.0 Å². The van der Waals surface area contributed by atoms with E-state index in [0.717, 1.165) is 5.56 Å². The van der Waals surface area contributed by atoms with Crippen molar-refractivity contribution in [1.82, 2.24) is 24.1 Å². The van der Waals surface area contributed by atoms with Crippen molar-refractivity contribution in [2.75, 3.05) is 20.2 Å². The highest BCUT2D eigenvalue weighted by Crippen LogP contribution is 2.31. The standard InChI is InChI=1S/C28H33ClN6O3.ClH/c1-18(2)24(33(16-8-15-30)27(36)21-11-13-22(38-4)14-12-21)26-31-25-23(29)19(3)32-35(25)28(37)34(26)17-20-9-6-5-7-10-20;/h5-7,9-14,18,24H,8,15-17,30H2,1-4H3;1H/t24-;/m1./s1. The number of halogens is 2. The topological polar surface area (TPSA) is 108 Å². The van der Waals surface area contributed by atoms with Gasteiger partial charge >= 0.3 is 5.69 Å². The first-order valence-corrected chi connectivity index (χ1v) is 13.0. The molecule has 0 unspecified atom stereocenters. The number of benzene rings is 2. The molecule has 0 aliphatic carbocycles. The maximum atomic E-state index is 13.9. The number of carbonyl (C=O) groups is 1. The molecule has 1 atom stereocenters. The Hall–Kier alpha value is -3.40. The van der Waals surface area contributed by atoms with Crippen LogP contribution in [-0.2, 0) is 6.54 Å². The minimum Gasteiger partial charge on any atom is -0.497 e. The van der Waals surface area contributed by atoms with Gasteiger partial charge in [-0.25, -0.2) is 9.78 Å². The van der Waals surface area contributed by atoms with E-state index < -0.39 is 6.04 Å². The summed E-state index contributed by atoms with van der Waals surface area (Å²) in [5.41, 5.74) is 7.70. The molecule has 9 nitrogen and oxygen atoms in total. The van der Waals surface area contributed by atoms with E-state index in [-0.39, 0.29) is 42.1 Å². The number of aromatic nitrogens is 4. The molecule has 2 N–H and O–H groups in total. The summed E-state index contributed by atoms with van der Waals surface area (Å²) in [7, 11) is 1.58. The van der Waals surface area contributed by atoms with Gasteiger partial charge in [-0.2, -0.15) is 9.61 Å². The fraction of sp³-hybridized carbons (Fsp3) is 0.357. The Morgan fingerprint density at radius 2 is 1.79 bits per heavy atom. The predicted octanol–water partition coefficient (Wildman–Crippen LogP) is 4.52. The second-order valence-electron chi connectivity index (χ2n) is 9.52. The fourth-order valence-corrected chi connectivity index (χ4v) is 4.73. The summed E-state index contributed by atoms with van der Waals surface area (Å²) in [5, 5.41) is 4.65. The minimum absolute atomic E-state index is 0. The molecule has 0 aliphatic rings. The normalized spacial score (nSPS) is 11.9. The van der Waals surface area contributed by atoms with Crippen molar-refractivity contribution in [2.24, 2.45) is 11.7 Å². The second kappa shape index (κ2) is 13.1. The lowest BCUT2D eigenvalue weighted by Crippen LogP contribution is -2.43. The van der Waals surface area contributed by atoms with E-state index in [0.29, 0.717) is 47.4 Å². The Labute approximate surface area is 239 Å². The summed E-state index contributed by atoms with van der Waals surface area (Å²) in [6.07, 6.45) is 0.586. The molecule has 39 heavy (non-hydrogen) atoms. The number of ether oxygens (including phenoxy) is 1. The van der Waals surface area contributed by atoms with Crippen molar-refractivity contribution >= 4 is 35.6 Å². The van der Waals surface area contributed by atoms with Crippen LogP contribution in [0.4, 0.5) is 0 Å². The van der Waals surface area contributed by atoms with Crippen molar-refractivity contribution in [3.05, 3.63) is 92.7 Å². The van der Waals surface area contributed by atoms with Gasteiger partial charge in [0.1, 0.15) is 16.6 Å². The molecule has 11 heteroatoms. The Balaban J connectivity index is 0.00000420. The average Bonchev–Trinajstić information content (AvgIpc) is 3.21. The van der Waals surface area contributed by atoms with Gasteiger partial charge in [-0.3, -0.25) is 9.36 Å². The number of amides is 1. The van der Waals surface area contributed by atoms with Crippen LogP contribution in [0.3, 0.4) is 0 Å². The van der Waals surface area contributed by atoms with Gasteiger partial charge in [0.15, 0.2) is 5.65 Å². The highest BCUT2D eigenvalue weighted by molar-refractivity contribution is 6.34. The highest BCUT2D eigenvalue weighted by Gasteiger charge is 2.33. The molecule has 0 aliphatic heterocycles. The first kappa shape index (κ1) is 30.1. The number of methoxy groups -OCH3 is 1. The Morgan fingerprint density at radius 1 is 1.13 bits per heavy atom. The molecule has 4 aromatic rings. The zero-order valence-corrected chi connectivity index (χ0v) is 24.1. The van der Waals surface area contributed by atoms with Crippen LogP contribution in [0.5, 0.6) is 5.75 Å². The maximum Gasteiger partial charge on any atom is 0.352 e. The Kier molecular flexibility index (Phi) is 10.1. The number of carbonyl (C=O) groups excluding carboxylic acids is 1. The molecule has 0 bridgehead atoms. The number of aryl methyl sites for hydroxylation is 1. The number of nitrogens with zero attached hydrogens (tertiary/aromatic N) is 5. The van der Waals surface area contributed by atoms with Gasteiger partial charge < -0.3 is 15.4 Å². The van der Waals surface area contributed by atoms with Gasteiger partial charge in [-0.1, -0.05) is 55.8 Å². The predicted molar refractivity (Wildman–Crippen MR) is 155 cm³/mol. The van der Waals surface area contributed by atoms with Crippen molar-refractivity contribution in [1.29, 1.82) is 0 Å².